The second kappa shape index (κ2) is 6.96. The predicted octanol–water partition coefficient (Wildman–Crippen LogP) is 1.59. The molecule has 1 rings (SSSR count). The number of ether oxygens (including phenoxy) is 2. The van der Waals surface area contributed by atoms with Crippen LogP contribution in [0.25, 0.3) is 0 Å². The molecule has 4 nitrogen and oxygen atoms in total. The number of nitrogens with two attached hydrogens (primary N) is 1. The van der Waals surface area contributed by atoms with Crippen molar-refractivity contribution in [2.24, 2.45) is 5.73 Å². The summed E-state index contributed by atoms with van der Waals surface area (Å²) in [6.07, 6.45) is -0.478. The van der Waals surface area contributed by atoms with E-state index in [-0.39, 0.29) is 5.82 Å². The average molecular weight is 270 g/mol. The Labute approximate surface area is 114 Å². The minimum atomic E-state index is -0.536. The quantitative estimate of drug-likeness (QED) is 0.764. The molecule has 0 saturated heterocycles. The maximum atomic E-state index is 13.7. The van der Waals surface area contributed by atoms with Crippen LogP contribution in [0.15, 0.2) is 24.3 Å². The van der Waals surface area contributed by atoms with E-state index in [1.807, 2.05) is 24.9 Å². The van der Waals surface area contributed by atoms with Gasteiger partial charge in [-0.15, -0.1) is 0 Å². The SMILES string of the molecule is COC(OC)C(C)(CN)N(C)Cc1ccccc1F. The van der Waals surface area contributed by atoms with Crippen LogP contribution in [0, 0.1) is 5.82 Å². The van der Waals surface area contributed by atoms with Gasteiger partial charge in [0, 0.05) is 32.9 Å². The lowest BCUT2D eigenvalue weighted by Crippen LogP contribution is -2.58. The van der Waals surface area contributed by atoms with Crippen molar-refractivity contribution in [2.45, 2.75) is 25.3 Å². The van der Waals surface area contributed by atoms with Gasteiger partial charge in [-0.2, -0.15) is 0 Å². The number of likely N-dealkylation sites (N-methyl/N-ethyl adjacent to an activating group) is 1. The fourth-order valence-electron chi connectivity index (χ4n) is 2.10. The highest BCUT2D eigenvalue weighted by molar-refractivity contribution is 5.17. The highest BCUT2D eigenvalue weighted by Crippen LogP contribution is 2.23. The van der Waals surface area contributed by atoms with Crippen LogP contribution in [0.4, 0.5) is 4.39 Å². The topological polar surface area (TPSA) is 47.7 Å². The standard InChI is InChI=1S/C14H23FN2O2/c1-14(10-16,13(18-3)19-4)17(2)9-11-7-5-6-8-12(11)15/h5-8,13H,9-10,16H2,1-4H3. The fourth-order valence-corrected chi connectivity index (χ4v) is 2.10. The fraction of sp³-hybridized carbons (Fsp3) is 0.571. The third kappa shape index (κ3) is 3.51. The van der Waals surface area contributed by atoms with Gasteiger partial charge in [-0.3, -0.25) is 4.90 Å². The number of halogens is 1. The van der Waals surface area contributed by atoms with Crippen LogP contribution in [-0.4, -0.2) is 44.5 Å². The monoisotopic (exact) mass is 270 g/mol. The van der Waals surface area contributed by atoms with Gasteiger partial charge in [-0.1, -0.05) is 18.2 Å². The number of methoxy groups -OCH3 is 2. The van der Waals surface area contributed by atoms with Crippen molar-refractivity contribution in [3.63, 3.8) is 0 Å². The van der Waals surface area contributed by atoms with E-state index in [0.29, 0.717) is 18.7 Å². The molecule has 0 heterocycles. The highest BCUT2D eigenvalue weighted by atomic mass is 19.1. The lowest BCUT2D eigenvalue weighted by atomic mass is 9.98. The molecule has 0 aliphatic heterocycles. The van der Waals surface area contributed by atoms with Gasteiger partial charge in [-0.25, -0.2) is 4.39 Å². The third-order valence-electron chi connectivity index (χ3n) is 3.59. The van der Waals surface area contributed by atoms with Gasteiger partial charge in [0.25, 0.3) is 0 Å². The summed E-state index contributed by atoms with van der Waals surface area (Å²) in [5, 5.41) is 0. The van der Waals surface area contributed by atoms with Gasteiger partial charge in [0.15, 0.2) is 6.29 Å². The summed E-state index contributed by atoms with van der Waals surface area (Å²) in [6.45, 7) is 2.71. The molecule has 1 atom stereocenters. The zero-order valence-electron chi connectivity index (χ0n) is 12.0. The second-order valence-corrected chi connectivity index (χ2v) is 4.81. The van der Waals surface area contributed by atoms with E-state index in [2.05, 4.69) is 0 Å². The van der Waals surface area contributed by atoms with Crippen LogP contribution in [0.1, 0.15) is 12.5 Å². The molecule has 1 aromatic rings. The molecular formula is C14H23FN2O2. The summed E-state index contributed by atoms with van der Waals surface area (Å²) in [7, 11) is 5.02. The molecule has 1 aromatic carbocycles. The summed E-state index contributed by atoms with van der Waals surface area (Å²) < 4.78 is 24.3. The lowest BCUT2D eigenvalue weighted by molar-refractivity contribution is -0.178. The van der Waals surface area contributed by atoms with Crippen molar-refractivity contribution in [3.05, 3.63) is 35.6 Å². The van der Waals surface area contributed by atoms with Crippen molar-refractivity contribution < 1.29 is 13.9 Å². The molecule has 0 radical (unpaired) electrons. The van der Waals surface area contributed by atoms with E-state index in [9.17, 15) is 4.39 Å². The third-order valence-corrected chi connectivity index (χ3v) is 3.59. The van der Waals surface area contributed by atoms with Crippen LogP contribution < -0.4 is 5.73 Å². The number of hydrogen-bond acceptors (Lipinski definition) is 4. The van der Waals surface area contributed by atoms with Crippen molar-refractivity contribution >= 4 is 0 Å². The molecule has 0 saturated carbocycles. The van der Waals surface area contributed by atoms with Crippen LogP contribution in [0.3, 0.4) is 0 Å². The van der Waals surface area contributed by atoms with E-state index in [1.165, 1.54) is 6.07 Å². The Morgan fingerprint density at radius 2 is 1.89 bits per heavy atom. The Bertz CT molecular complexity index is 399. The Kier molecular flexibility index (Phi) is 5.87. The van der Waals surface area contributed by atoms with Crippen molar-refractivity contribution in [1.29, 1.82) is 0 Å². The summed E-state index contributed by atoms with van der Waals surface area (Å²) >= 11 is 0. The zero-order valence-corrected chi connectivity index (χ0v) is 12.0. The highest BCUT2D eigenvalue weighted by Gasteiger charge is 2.37. The molecule has 0 aliphatic carbocycles. The average Bonchev–Trinajstić information content (AvgIpc) is 2.42. The van der Waals surface area contributed by atoms with Crippen LogP contribution in [0.2, 0.25) is 0 Å². The number of hydrogen-bond donors (Lipinski definition) is 1. The van der Waals surface area contributed by atoms with Crippen LogP contribution in [0.5, 0.6) is 0 Å². The number of benzene rings is 1. The molecule has 5 heteroatoms. The minimum Gasteiger partial charge on any atom is -0.354 e. The van der Waals surface area contributed by atoms with Crippen LogP contribution >= 0.6 is 0 Å². The van der Waals surface area contributed by atoms with E-state index in [1.54, 1.807) is 26.4 Å². The minimum absolute atomic E-state index is 0.222. The molecule has 2 N–H and O–H groups in total. The molecule has 108 valence electrons. The largest absolute Gasteiger partial charge is 0.354 e. The predicted molar refractivity (Wildman–Crippen MR) is 73.1 cm³/mol. The first-order valence-corrected chi connectivity index (χ1v) is 6.20. The van der Waals surface area contributed by atoms with E-state index in [4.69, 9.17) is 15.2 Å². The first kappa shape index (κ1) is 16.0. The summed E-state index contributed by atoms with van der Waals surface area (Å²) in [4.78, 5) is 1.95. The molecule has 1 unspecified atom stereocenters. The maximum absolute atomic E-state index is 13.7. The Morgan fingerprint density at radius 1 is 1.32 bits per heavy atom. The smallest absolute Gasteiger partial charge is 0.176 e. The zero-order chi connectivity index (χ0) is 14.5. The molecular weight excluding hydrogens is 247 g/mol. The normalized spacial score (nSPS) is 14.9. The lowest BCUT2D eigenvalue weighted by Gasteiger charge is -2.42. The molecule has 0 fully saturated rings. The van der Waals surface area contributed by atoms with Crippen molar-refractivity contribution in [2.75, 3.05) is 27.8 Å². The number of nitrogens with zero attached hydrogens (tertiary/aromatic N) is 1. The van der Waals surface area contributed by atoms with Crippen LogP contribution in [-0.2, 0) is 16.0 Å². The molecule has 0 aromatic heterocycles. The van der Waals surface area contributed by atoms with Gasteiger partial charge < -0.3 is 15.2 Å². The van der Waals surface area contributed by atoms with Crippen molar-refractivity contribution in [3.8, 4) is 0 Å². The Balaban J connectivity index is 2.90. The molecule has 0 aliphatic rings. The van der Waals surface area contributed by atoms with Gasteiger partial charge in [-0.05, 0) is 20.0 Å². The number of rotatable bonds is 7. The van der Waals surface area contributed by atoms with Gasteiger partial charge in [0.2, 0.25) is 0 Å². The maximum Gasteiger partial charge on any atom is 0.176 e. The van der Waals surface area contributed by atoms with E-state index < -0.39 is 11.8 Å². The molecule has 0 bridgehead atoms. The molecule has 19 heavy (non-hydrogen) atoms. The van der Waals surface area contributed by atoms with E-state index >= 15 is 0 Å². The summed E-state index contributed by atoms with van der Waals surface area (Å²) in [6, 6.07) is 6.70. The first-order chi connectivity index (χ1) is 8.99. The van der Waals surface area contributed by atoms with Gasteiger partial charge >= 0.3 is 0 Å². The summed E-state index contributed by atoms with van der Waals surface area (Å²) in [5.74, 6) is -0.222. The Hall–Kier alpha value is -1.01. The van der Waals surface area contributed by atoms with Crippen molar-refractivity contribution in [1.82, 2.24) is 4.90 Å². The van der Waals surface area contributed by atoms with Gasteiger partial charge in [0.1, 0.15) is 5.82 Å². The molecule has 0 spiro atoms. The molecule has 0 amide bonds. The Morgan fingerprint density at radius 3 is 2.37 bits per heavy atom. The second-order valence-electron chi connectivity index (χ2n) is 4.81. The first-order valence-electron chi connectivity index (χ1n) is 6.20. The summed E-state index contributed by atoms with van der Waals surface area (Å²) in [5.41, 5.74) is 5.94. The van der Waals surface area contributed by atoms with Gasteiger partial charge in [0.05, 0.1) is 5.54 Å². The van der Waals surface area contributed by atoms with E-state index in [0.717, 1.165) is 0 Å².